The van der Waals surface area contributed by atoms with Gasteiger partial charge in [0.25, 0.3) is 0 Å². The second kappa shape index (κ2) is 5.61. The van der Waals surface area contributed by atoms with Crippen LogP contribution in [0.2, 0.25) is 0 Å². The first kappa shape index (κ1) is 14.9. The Hall–Kier alpha value is -1.07. The topological polar surface area (TPSA) is 63.4 Å². The van der Waals surface area contributed by atoms with Crippen LogP contribution in [0.15, 0.2) is 18.2 Å². The highest BCUT2D eigenvalue weighted by Gasteiger charge is 2.33. The monoisotopic (exact) mass is 308 g/mol. The summed E-state index contributed by atoms with van der Waals surface area (Å²) in [6, 6.07) is 6.52. The fourth-order valence-electron chi connectivity index (χ4n) is 3.81. The lowest BCUT2D eigenvalue weighted by Gasteiger charge is -2.39. The van der Waals surface area contributed by atoms with Gasteiger partial charge in [-0.3, -0.25) is 4.90 Å². The van der Waals surface area contributed by atoms with E-state index in [0.29, 0.717) is 6.04 Å². The number of hydrogen-bond acceptors (Lipinski definition) is 4. The maximum Gasteiger partial charge on any atom is 0.150 e. The molecule has 0 aromatic heterocycles. The minimum absolute atomic E-state index is 0.154. The number of rotatable bonds is 2. The van der Waals surface area contributed by atoms with Crippen molar-refractivity contribution in [2.75, 3.05) is 18.5 Å². The Bertz CT molecular complexity index is 627. The van der Waals surface area contributed by atoms with Gasteiger partial charge in [-0.2, -0.15) is 0 Å². The molecular weight excluding hydrogens is 284 g/mol. The summed E-state index contributed by atoms with van der Waals surface area (Å²) in [5.74, 6) is 0. The molecule has 0 radical (unpaired) electrons. The van der Waals surface area contributed by atoms with E-state index in [2.05, 4.69) is 11.0 Å². The summed E-state index contributed by atoms with van der Waals surface area (Å²) in [5, 5.41) is -0.154. The molecule has 116 valence electrons. The van der Waals surface area contributed by atoms with Crippen LogP contribution in [-0.4, -0.2) is 37.4 Å². The number of sulfone groups is 1. The Balaban J connectivity index is 1.74. The van der Waals surface area contributed by atoms with E-state index < -0.39 is 9.84 Å². The molecule has 1 aliphatic heterocycles. The molecule has 1 heterocycles. The number of nitrogens with zero attached hydrogens (tertiary/aromatic N) is 1. The third kappa shape index (κ3) is 3.09. The highest BCUT2D eigenvalue weighted by atomic mass is 32.2. The molecule has 1 aliphatic carbocycles. The summed E-state index contributed by atoms with van der Waals surface area (Å²) in [6.07, 6.45) is 6.10. The van der Waals surface area contributed by atoms with Crippen molar-refractivity contribution < 1.29 is 8.42 Å². The van der Waals surface area contributed by atoms with E-state index in [1.54, 1.807) is 0 Å². The standard InChI is InChI=1S/C16H24N2O2S/c1-21(19,20)14-6-3-5-13(10-14)18-9-8-15-12(11-18)4-2-7-16(15)17/h2,4,7,13-14H,3,5-6,8-11,17H2,1H3. The fourth-order valence-corrected chi connectivity index (χ4v) is 4.98. The van der Waals surface area contributed by atoms with E-state index in [1.807, 2.05) is 12.1 Å². The van der Waals surface area contributed by atoms with E-state index in [4.69, 9.17) is 5.73 Å². The first-order valence-corrected chi connectivity index (χ1v) is 9.70. The van der Waals surface area contributed by atoms with E-state index >= 15 is 0 Å². The van der Waals surface area contributed by atoms with E-state index in [1.165, 1.54) is 17.4 Å². The van der Waals surface area contributed by atoms with Crippen molar-refractivity contribution in [3.8, 4) is 0 Å². The SMILES string of the molecule is CS(=O)(=O)C1CCCC(N2CCc3c(N)cccc3C2)C1. The van der Waals surface area contributed by atoms with Crippen molar-refractivity contribution in [3.63, 3.8) is 0 Å². The van der Waals surface area contributed by atoms with Crippen LogP contribution in [0, 0.1) is 0 Å². The van der Waals surface area contributed by atoms with Crippen molar-refractivity contribution in [3.05, 3.63) is 29.3 Å². The maximum atomic E-state index is 11.8. The molecule has 1 saturated carbocycles. The minimum Gasteiger partial charge on any atom is -0.398 e. The Kier molecular flexibility index (Phi) is 3.97. The molecule has 0 spiro atoms. The van der Waals surface area contributed by atoms with Crippen LogP contribution in [0.3, 0.4) is 0 Å². The summed E-state index contributed by atoms with van der Waals surface area (Å²) in [6.45, 7) is 1.89. The average molecular weight is 308 g/mol. The highest BCUT2D eigenvalue weighted by Crippen LogP contribution is 2.32. The van der Waals surface area contributed by atoms with Crippen molar-refractivity contribution in [2.45, 2.75) is 49.9 Å². The average Bonchev–Trinajstić information content (AvgIpc) is 2.46. The van der Waals surface area contributed by atoms with Gasteiger partial charge in [-0.1, -0.05) is 18.6 Å². The van der Waals surface area contributed by atoms with E-state index in [9.17, 15) is 8.42 Å². The van der Waals surface area contributed by atoms with Gasteiger partial charge in [-0.25, -0.2) is 8.42 Å². The lowest BCUT2D eigenvalue weighted by molar-refractivity contribution is 0.142. The molecule has 1 aromatic carbocycles. The summed E-state index contributed by atoms with van der Waals surface area (Å²) in [5.41, 5.74) is 9.53. The third-order valence-corrected chi connectivity index (χ3v) is 6.69. The van der Waals surface area contributed by atoms with Crippen LogP contribution in [0.1, 0.15) is 36.8 Å². The number of fused-ring (bicyclic) bond motifs is 1. The summed E-state index contributed by atoms with van der Waals surface area (Å²) in [4.78, 5) is 2.46. The molecule has 1 fully saturated rings. The van der Waals surface area contributed by atoms with Crippen molar-refractivity contribution in [1.29, 1.82) is 0 Å². The maximum absolute atomic E-state index is 11.8. The Morgan fingerprint density at radius 1 is 1.29 bits per heavy atom. The molecule has 4 nitrogen and oxygen atoms in total. The predicted octanol–water partition coefficient (Wildman–Crippen LogP) is 1.98. The number of hydrogen-bond donors (Lipinski definition) is 1. The van der Waals surface area contributed by atoms with Crippen LogP contribution in [-0.2, 0) is 22.8 Å². The fraction of sp³-hybridized carbons (Fsp3) is 0.625. The van der Waals surface area contributed by atoms with Gasteiger partial charge >= 0.3 is 0 Å². The molecule has 0 bridgehead atoms. The molecule has 2 N–H and O–H groups in total. The molecule has 0 amide bonds. The molecular formula is C16H24N2O2S. The van der Waals surface area contributed by atoms with Gasteiger partial charge in [0.1, 0.15) is 9.84 Å². The molecule has 3 rings (SSSR count). The number of nitrogens with two attached hydrogens (primary N) is 1. The van der Waals surface area contributed by atoms with Gasteiger partial charge in [-0.05, 0) is 42.9 Å². The highest BCUT2D eigenvalue weighted by molar-refractivity contribution is 7.91. The molecule has 2 atom stereocenters. The quantitative estimate of drug-likeness (QED) is 0.849. The van der Waals surface area contributed by atoms with Crippen molar-refractivity contribution in [2.24, 2.45) is 0 Å². The summed E-state index contributed by atoms with van der Waals surface area (Å²) < 4.78 is 23.6. The van der Waals surface area contributed by atoms with Gasteiger partial charge in [0.15, 0.2) is 0 Å². The van der Waals surface area contributed by atoms with Crippen LogP contribution < -0.4 is 5.73 Å². The molecule has 2 unspecified atom stereocenters. The zero-order valence-electron chi connectivity index (χ0n) is 12.6. The molecule has 5 heteroatoms. The smallest absolute Gasteiger partial charge is 0.150 e. The zero-order valence-corrected chi connectivity index (χ0v) is 13.4. The van der Waals surface area contributed by atoms with Crippen molar-refractivity contribution >= 4 is 15.5 Å². The molecule has 1 aromatic rings. The van der Waals surface area contributed by atoms with E-state index in [0.717, 1.165) is 50.9 Å². The van der Waals surface area contributed by atoms with Crippen LogP contribution in [0.25, 0.3) is 0 Å². The first-order valence-electron chi connectivity index (χ1n) is 7.74. The first-order chi connectivity index (χ1) is 9.95. The molecule has 2 aliphatic rings. The Labute approximate surface area is 127 Å². The normalized spacial score (nSPS) is 27.3. The molecule has 21 heavy (non-hydrogen) atoms. The third-order valence-electron chi connectivity index (χ3n) is 5.05. The van der Waals surface area contributed by atoms with Gasteiger partial charge in [0.05, 0.1) is 5.25 Å². The number of nitrogen functional groups attached to an aromatic ring is 1. The van der Waals surface area contributed by atoms with Crippen LogP contribution in [0.4, 0.5) is 5.69 Å². The predicted molar refractivity (Wildman–Crippen MR) is 85.9 cm³/mol. The van der Waals surface area contributed by atoms with Crippen molar-refractivity contribution in [1.82, 2.24) is 4.90 Å². The second-order valence-electron chi connectivity index (χ2n) is 6.48. The largest absolute Gasteiger partial charge is 0.398 e. The zero-order chi connectivity index (χ0) is 15.0. The van der Waals surface area contributed by atoms with Crippen LogP contribution >= 0.6 is 0 Å². The lowest BCUT2D eigenvalue weighted by Crippen LogP contribution is -2.44. The van der Waals surface area contributed by atoms with Gasteiger partial charge in [-0.15, -0.1) is 0 Å². The Morgan fingerprint density at radius 2 is 2.10 bits per heavy atom. The lowest BCUT2D eigenvalue weighted by atomic mass is 9.90. The van der Waals surface area contributed by atoms with Gasteiger partial charge in [0, 0.05) is 31.1 Å². The van der Waals surface area contributed by atoms with Gasteiger partial charge < -0.3 is 5.73 Å². The Morgan fingerprint density at radius 3 is 2.86 bits per heavy atom. The number of anilines is 1. The van der Waals surface area contributed by atoms with Gasteiger partial charge in [0.2, 0.25) is 0 Å². The van der Waals surface area contributed by atoms with Crippen LogP contribution in [0.5, 0.6) is 0 Å². The summed E-state index contributed by atoms with van der Waals surface area (Å²) in [7, 11) is -2.91. The van der Waals surface area contributed by atoms with E-state index in [-0.39, 0.29) is 5.25 Å². The molecule has 0 saturated heterocycles. The number of benzene rings is 1. The summed E-state index contributed by atoms with van der Waals surface area (Å²) >= 11 is 0. The minimum atomic E-state index is -2.91. The second-order valence-corrected chi connectivity index (χ2v) is 8.80.